The molecule has 0 unspecified atom stereocenters. The highest BCUT2D eigenvalue weighted by Gasteiger charge is 2.42. The van der Waals surface area contributed by atoms with Gasteiger partial charge in [0.1, 0.15) is 11.5 Å². The standard InChI is InChI=1S/C24H21FN6O/c1-13-20(14(2)31-30-13)16-12-17(22-23(21(16)25)29-15(3)28-22)24(32,18-8-4-6-10-26-18)19-9-5-7-11-27-19/h4-12,28-29,32H,3H2,1-2H3,(H,30,31). The Hall–Kier alpha value is -4.04. The number of aliphatic hydroxyl groups is 1. The maximum atomic E-state index is 15.7. The van der Waals surface area contributed by atoms with Gasteiger partial charge in [-0.2, -0.15) is 5.10 Å². The highest BCUT2D eigenvalue weighted by Crippen LogP contribution is 2.48. The molecular weight excluding hydrogens is 407 g/mol. The molecule has 0 spiro atoms. The second-order valence-electron chi connectivity index (χ2n) is 7.71. The molecule has 3 aromatic heterocycles. The summed E-state index contributed by atoms with van der Waals surface area (Å²) in [6.45, 7) is 7.52. The number of fused-ring (bicyclic) bond motifs is 1. The van der Waals surface area contributed by atoms with Crippen molar-refractivity contribution in [1.29, 1.82) is 0 Å². The summed E-state index contributed by atoms with van der Waals surface area (Å²) in [5.41, 5.74) is 2.24. The van der Waals surface area contributed by atoms with Crippen molar-refractivity contribution in [3.05, 3.63) is 101 Å². The van der Waals surface area contributed by atoms with E-state index in [2.05, 4.69) is 37.4 Å². The fourth-order valence-electron chi connectivity index (χ4n) is 4.21. The van der Waals surface area contributed by atoms with Crippen LogP contribution in [0.3, 0.4) is 0 Å². The molecule has 0 saturated heterocycles. The van der Waals surface area contributed by atoms with Crippen LogP contribution in [0.15, 0.2) is 67.3 Å². The monoisotopic (exact) mass is 428 g/mol. The Morgan fingerprint density at radius 1 is 0.969 bits per heavy atom. The number of halogens is 1. The summed E-state index contributed by atoms with van der Waals surface area (Å²) in [5, 5.41) is 25.4. The quantitative estimate of drug-likeness (QED) is 0.389. The predicted molar refractivity (Wildman–Crippen MR) is 120 cm³/mol. The van der Waals surface area contributed by atoms with E-state index in [1.54, 1.807) is 61.8 Å². The third-order valence-corrected chi connectivity index (χ3v) is 5.67. The summed E-state index contributed by atoms with van der Waals surface area (Å²) < 4.78 is 15.7. The second-order valence-corrected chi connectivity index (χ2v) is 7.71. The molecule has 0 saturated carbocycles. The number of H-pyrrole nitrogens is 1. The molecule has 4 N–H and O–H groups in total. The lowest BCUT2D eigenvalue weighted by Gasteiger charge is -2.30. The molecule has 0 atom stereocenters. The first kappa shape index (κ1) is 19.9. The van der Waals surface area contributed by atoms with Crippen LogP contribution in [0.5, 0.6) is 0 Å². The zero-order valence-corrected chi connectivity index (χ0v) is 17.6. The lowest BCUT2D eigenvalue weighted by Crippen LogP contribution is -2.32. The fourth-order valence-corrected chi connectivity index (χ4v) is 4.21. The zero-order chi connectivity index (χ0) is 22.5. The Morgan fingerprint density at radius 3 is 2.12 bits per heavy atom. The van der Waals surface area contributed by atoms with Gasteiger partial charge in [0.25, 0.3) is 0 Å². The van der Waals surface area contributed by atoms with Gasteiger partial charge >= 0.3 is 0 Å². The van der Waals surface area contributed by atoms with Gasteiger partial charge in [0.15, 0.2) is 11.4 Å². The molecule has 8 heteroatoms. The van der Waals surface area contributed by atoms with Gasteiger partial charge in [-0.25, -0.2) is 4.39 Å². The lowest BCUT2D eigenvalue weighted by molar-refractivity contribution is 0.117. The fraction of sp³-hybridized carbons (Fsp3) is 0.125. The molecule has 1 aliphatic heterocycles. The number of hydrogen-bond acceptors (Lipinski definition) is 6. The van der Waals surface area contributed by atoms with E-state index in [9.17, 15) is 5.11 Å². The van der Waals surface area contributed by atoms with Gasteiger partial charge in [-0.3, -0.25) is 15.1 Å². The lowest BCUT2D eigenvalue weighted by atomic mass is 9.82. The number of nitrogens with zero attached hydrogens (tertiary/aromatic N) is 3. The Labute approximate surface area is 184 Å². The molecule has 4 heterocycles. The van der Waals surface area contributed by atoms with Gasteiger partial charge in [-0.1, -0.05) is 18.7 Å². The number of hydrogen-bond donors (Lipinski definition) is 4. The van der Waals surface area contributed by atoms with Crippen LogP contribution in [0, 0.1) is 19.7 Å². The molecule has 32 heavy (non-hydrogen) atoms. The number of rotatable bonds is 4. The van der Waals surface area contributed by atoms with Crippen molar-refractivity contribution in [2.24, 2.45) is 0 Å². The van der Waals surface area contributed by atoms with Crippen LogP contribution in [0.1, 0.15) is 28.3 Å². The maximum Gasteiger partial charge on any atom is 0.176 e. The summed E-state index contributed by atoms with van der Waals surface area (Å²) in [5.74, 6) is -0.0609. The van der Waals surface area contributed by atoms with Crippen LogP contribution in [0.25, 0.3) is 11.1 Å². The minimum atomic E-state index is -1.76. The van der Waals surface area contributed by atoms with E-state index in [0.29, 0.717) is 45.3 Å². The molecule has 0 fully saturated rings. The molecule has 160 valence electrons. The third-order valence-electron chi connectivity index (χ3n) is 5.67. The normalized spacial score (nSPS) is 12.9. The van der Waals surface area contributed by atoms with Crippen molar-refractivity contribution >= 4 is 11.4 Å². The number of aryl methyl sites for hydroxylation is 2. The van der Waals surface area contributed by atoms with Crippen molar-refractivity contribution < 1.29 is 9.50 Å². The first-order valence-corrected chi connectivity index (χ1v) is 10.1. The van der Waals surface area contributed by atoms with Crippen molar-refractivity contribution in [3.8, 4) is 11.1 Å². The number of aromatic amines is 1. The van der Waals surface area contributed by atoms with Crippen molar-refractivity contribution in [1.82, 2.24) is 20.2 Å². The SMILES string of the molecule is C=C1Nc2c(C(O)(c3ccccn3)c3ccccn3)cc(-c3c(C)n[nH]c3C)c(F)c2N1. The van der Waals surface area contributed by atoms with E-state index < -0.39 is 11.4 Å². The average molecular weight is 428 g/mol. The van der Waals surface area contributed by atoms with Crippen LogP contribution < -0.4 is 10.6 Å². The highest BCUT2D eigenvalue weighted by atomic mass is 19.1. The van der Waals surface area contributed by atoms with Gasteiger partial charge in [-0.15, -0.1) is 0 Å². The van der Waals surface area contributed by atoms with E-state index in [1.165, 1.54) is 0 Å². The van der Waals surface area contributed by atoms with Crippen LogP contribution >= 0.6 is 0 Å². The summed E-state index contributed by atoms with van der Waals surface area (Å²) in [6, 6.07) is 12.2. The molecule has 0 bridgehead atoms. The average Bonchev–Trinajstić information content (AvgIpc) is 3.37. The van der Waals surface area contributed by atoms with Crippen molar-refractivity contribution in [2.45, 2.75) is 19.4 Å². The van der Waals surface area contributed by atoms with Gasteiger partial charge in [0.2, 0.25) is 0 Å². The molecule has 7 nitrogen and oxygen atoms in total. The maximum absolute atomic E-state index is 15.7. The number of pyridine rings is 2. The van der Waals surface area contributed by atoms with Crippen molar-refractivity contribution in [2.75, 3.05) is 10.6 Å². The summed E-state index contributed by atoms with van der Waals surface area (Å²) >= 11 is 0. The van der Waals surface area contributed by atoms with Gasteiger partial charge in [-0.05, 0) is 44.2 Å². The van der Waals surface area contributed by atoms with Gasteiger partial charge in [0.05, 0.1) is 22.8 Å². The number of anilines is 2. The Morgan fingerprint density at radius 2 is 1.59 bits per heavy atom. The molecule has 0 amide bonds. The molecule has 1 aliphatic rings. The van der Waals surface area contributed by atoms with Crippen LogP contribution in [0.4, 0.5) is 15.8 Å². The van der Waals surface area contributed by atoms with E-state index >= 15 is 4.39 Å². The van der Waals surface area contributed by atoms with Crippen molar-refractivity contribution in [3.63, 3.8) is 0 Å². The number of nitrogens with one attached hydrogen (secondary N) is 3. The Kier molecular flexibility index (Phi) is 4.53. The van der Waals surface area contributed by atoms with E-state index in [-0.39, 0.29) is 5.69 Å². The van der Waals surface area contributed by atoms with Gasteiger partial charge in [0, 0.05) is 34.8 Å². The molecule has 0 aliphatic carbocycles. The largest absolute Gasteiger partial charge is 0.373 e. The molecule has 1 aromatic carbocycles. The smallest absolute Gasteiger partial charge is 0.176 e. The van der Waals surface area contributed by atoms with E-state index in [0.717, 1.165) is 5.69 Å². The number of benzene rings is 1. The Balaban J connectivity index is 1.88. The second kappa shape index (κ2) is 7.28. The summed E-state index contributed by atoms with van der Waals surface area (Å²) in [4.78, 5) is 8.85. The van der Waals surface area contributed by atoms with E-state index in [4.69, 9.17) is 0 Å². The first-order valence-electron chi connectivity index (χ1n) is 10.1. The topological polar surface area (TPSA) is 98.8 Å². The van der Waals surface area contributed by atoms with Crippen LogP contribution in [-0.2, 0) is 5.60 Å². The summed E-state index contributed by atoms with van der Waals surface area (Å²) in [6.07, 6.45) is 3.20. The predicted octanol–water partition coefficient (Wildman–Crippen LogP) is 4.22. The molecular formula is C24H21FN6O. The highest BCUT2D eigenvalue weighted by molar-refractivity contribution is 5.89. The summed E-state index contributed by atoms with van der Waals surface area (Å²) in [7, 11) is 0. The molecule has 4 aromatic rings. The third kappa shape index (κ3) is 2.88. The molecule has 0 radical (unpaired) electrons. The number of aromatic nitrogens is 4. The minimum absolute atomic E-state index is 0.202. The van der Waals surface area contributed by atoms with E-state index in [1.807, 2.05) is 6.92 Å². The van der Waals surface area contributed by atoms with Crippen LogP contribution in [0.2, 0.25) is 0 Å². The van der Waals surface area contributed by atoms with Crippen LogP contribution in [-0.4, -0.2) is 25.3 Å². The minimum Gasteiger partial charge on any atom is -0.373 e. The first-order chi connectivity index (χ1) is 15.4. The molecule has 5 rings (SSSR count). The Bertz CT molecular complexity index is 1270. The van der Waals surface area contributed by atoms with Gasteiger partial charge < -0.3 is 15.7 Å². The zero-order valence-electron chi connectivity index (χ0n) is 17.6.